The van der Waals surface area contributed by atoms with Gasteiger partial charge in [0.2, 0.25) is 0 Å². The highest BCUT2D eigenvalue weighted by atomic mass is 35.5. The zero-order chi connectivity index (χ0) is 26.1. The van der Waals surface area contributed by atoms with Crippen molar-refractivity contribution in [1.29, 1.82) is 0 Å². The molecule has 1 amide bonds. The normalized spacial score (nSPS) is 15.2. The van der Waals surface area contributed by atoms with Crippen molar-refractivity contribution in [3.63, 3.8) is 0 Å². The Bertz CT molecular complexity index is 1500. The summed E-state index contributed by atoms with van der Waals surface area (Å²) in [6.07, 6.45) is 0. The van der Waals surface area contributed by atoms with Crippen molar-refractivity contribution in [1.82, 2.24) is 9.80 Å². The molecule has 3 aromatic carbocycles. The van der Waals surface area contributed by atoms with Crippen molar-refractivity contribution in [3.8, 4) is 5.75 Å². The highest BCUT2D eigenvalue weighted by molar-refractivity contribution is 7.86. The van der Waals surface area contributed by atoms with Gasteiger partial charge in [-0.2, -0.15) is 16.8 Å². The number of fused-ring (bicyclic) bond motifs is 1. The first-order valence-electron chi connectivity index (χ1n) is 10.8. The maximum atomic E-state index is 12.8. The van der Waals surface area contributed by atoms with E-state index in [1.54, 1.807) is 4.90 Å². The average Bonchev–Trinajstić information content (AvgIpc) is 2.82. The number of halogens is 1. The van der Waals surface area contributed by atoms with E-state index in [0.717, 1.165) is 36.4 Å². The summed E-state index contributed by atoms with van der Waals surface area (Å²) < 4.78 is 70.8. The van der Waals surface area contributed by atoms with Crippen LogP contribution >= 0.6 is 11.6 Å². The van der Waals surface area contributed by atoms with Crippen LogP contribution in [0.5, 0.6) is 5.75 Å². The van der Waals surface area contributed by atoms with Gasteiger partial charge >= 0.3 is 0 Å². The van der Waals surface area contributed by atoms with Crippen molar-refractivity contribution in [2.24, 2.45) is 0 Å². The van der Waals surface area contributed by atoms with E-state index in [1.165, 1.54) is 6.07 Å². The minimum Gasteiger partial charge on any atom is -0.483 e. The van der Waals surface area contributed by atoms with E-state index in [0.29, 0.717) is 36.6 Å². The second-order valence-corrected chi connectivity index (χ2v) is 11.6. The fourth-order valence-corrected chi connectivity index (χ4v) is 5.12. The first-order chi connectivity index (χ1) is 16.9. The molecule has 1 heterocycles. The molecule has 2 N–H and O–H groups in total. The number of benzene rings is 3. The Morgan fingerprint density at radius 2 is 1.47 bits per heavy atom. The molecule has 10 nitrogen and oxygen atoms in total. The molecule has 1 fully saturated rings. The van der Waals surface area contributed by atoms with Gasteiger partial charge in [-0.3, -0.25) is 18.8 Å². The number of hydrogen-bond donors (Lipinski definition) is 2. The van der Waals surface area contributed by atoms with E-state index in [1.807, 2.05) is 24.3 Å². The fraction of sp³-hybridized carbons (Fsp3) is 0.261. The van der Waals surface area contributed by atoms with E-state index < -0.39 is 30.0 Å². The molecule has 192 valence electrons. The van der Waals surface area contributed by atoms with Crippen LogP contribution in [-0.4, -0.2) is 74.4 Å². The first kappa shape index (κ1) is 26.3. The lowest BCUT2D eigenvalue weighted by atomic mass is 10.1. The van der Waals surface area contributed by atoms with Crippen molar-refractivity contribution < 1.29 is 35.5 Å². The Hall–Kier alpha value is -2.74. The monoisotopic (exact) mass is 554 g/mol. The zero-order valence-corrected chi connectivity index (χ0v) is 21.3. The molecule has 0 unspecified atom stereocenters. The van der Waals surface area contributed by atoms with Gasteiger partial charge in [0.25, 0.3) is 26.1 Å². The molecule has 4 rings (SSSR count). The molecule has 0 radical (unpaired) electrons. The topological polar surface area (TPSA) is 142 Å². The Labute approximate surface area is 213 Å². The standard InChI is InChI=1S/C23H23ClN2O8S2/c24-18-3-1-16(2-4-18)14-25-7-9-26(10-8-25)23(27)15-34-22-13-20(36(31,32)33)12-17-11-19(35(28,29)30)5-6-21(17)22/h1-6,11-13H,7-10,14-15H2,(H,28,29,30)(H,31,32,33). The molecular formula is C23H23ClN2O8S2. The quantitative estimate of drug-likeness (QED) is 0.421. The number of rotatable bonds is 7. The summed E-state index contributed by atoms with van der Waals surface area (Å²) in [5.74, 6) is -0.335. The molecule has 1 aliphatic heterocycles. The molecule has 0 aromatic heterocycles. The molecule has 1 saturated heterocycles. The Kier molecular flexibility index (Phi) is 7.55. The number of piperazine rings is 1. The van der Waals surface area contributed by atoms with E-state index in [-0.39, 0.29) is 23.6 Å². The summed E-state index contributed by atoms with van der Waals surface area (Å²) in [6, 6.07) is 13.2. The lowest BCUT2D eigenvalue weighted by Crippen LogP contribution is -2.49. The van der Waals surface area contributed by atoms with Gasteiger partial charge in [-0.25, -0.2) is 0 Å². The van der Waals surface area contributed by atoms with Gasteiger partial charge < -0.3 is 9.64 Å². The number of amides is 1. The third kappa shape index (κ3) is 6.33. The minimum atomic E-state index is -4.66. The maximum Gasteiger partial charge on any atom is 0.294 e. The van der Waals surface area contributed by atoms with Gasteiger partial charge in [-0.15, -0.1) is 0 Å². The van der Waals surface area contributed by atoms with Gasteiger partial charge in [0.15, 0.2) is 6.61 Å². The summed E-state index contributed by atoms with van der Waals surface area (Å²) in [5.41, 5.74) is 1.12. The van der Waals surface area contributed by atoms with Gasteiger partial charge in [0.1, 0.15) is 5.75 Å². The lowest BCUT2D eigenvalue weighted by molar-refractivity contribution is -0.135. The van der Waals surface area contributed by atoms with Crippen LogP contribution < -0.4 is 4.74 Å². The number of hydrogen-bond acceptors (Lipinski definition) is 7. The molecule has 0 spiro atoms. The van der Waals surface area contributed by atoms with Crippen LogP contribution in [0.15, 0.2) is 64.4 Å². The van der Waals surface area contributed by atoms with Gasteiger partial charge in [0, 0.05) is 49.2 Å². The molecule has 3 aromatic rings. The summed E-state index contributed by atoms with van der Waals surface area (Å²) >= 11 is 5.92. The smallest absolute Gasteiger partial charge is 0.294 e. The number of carbonyl (C=O) groups excluding carboxylic acids is 1. The Balaban J connectivity index is 1.45. The number of ether oxygens (including phenoxy) is 1. The largest absolute Gasteiger partial charge is 0.483 e. The van der Waals surface area contributed by atoms with Crippen LogP contribution in [0.25, 0.3) is 10.8 Å². The summed E-state index contributed by atoms with van der Waals surface area (Å²) in [4.78, 5) is 15.6. The second kappa shape index (κ2) is 10.3. The summed E-state index contributed by atoms with van der Waals surface area (Å²) in [5, 5.41) is 1.05. The van der Waals surface area contributed by atoms with Crippen molar-refractivity contribution in [2.75, 3.05) is 32.8 Å². The predicted octanol–water partition coefficient (Wildman–Crippen LogP) is 2.71. The third-order valence-corrected chi connectivity index (χ3v) is 7.78. The Morgan fingerprint density at radius 3 is 2.08 bits per heavy atom. The predicted molar refractivity (Wildman–Crippen MR) is 132 cm³/mol. The highest BCUT2D eigenvalue weighted by Gasteiger charge is 2.23. The molecule has 0 saturated carbocycles. The first-order valence-corrected chi connectivity index (χ1v) is 14.1. The fourth-order valence-electron chi connectivity index (χ4n) is 3.95. The van der Waals surface area contributed by atoms with Crippen LogP contribution in [0, 0.1) is 0 Å². The SMILES string of the molecule is O=C(COc1cc(S(=O)(=O)O)cc2cc(S(=O)(=O)O)ccc12)N1CCN(Cc2ccc(Cl)cc2)CC1. The van der Waals surface area contributed by atoms with Gasteiger partial charge in [-0.1, -0.05) is 23.7 Å². The molecular weight excluding hydrogens is 532 g/mol. The average molecular weight is 555 g/mol. The molecule has 36 heavy (non-hydrogen) atoms. The number of nitrogens with zero attached hydrogens (tertiary/aromatic N) is 2. The van der Waals surface area contributed by atoms with Crippen LogP contribution in [0.4, 0.5) is 0 Å². The van der Waals surface area contributed by atoms with Crippen LogP contribution in [0.2, 0.25) is 5.02 Å². The maximum absolute atomic E-state index is 12.8. The molecule has 0 atom stereocenters. The Morgan fingerprint density at radius 1 is 0.861 bits per heavy atom. The van der Waals surface area contributed by atoms with Crippen LogP contribution in [-0.2, 0) is 31.6 Å². The summed E-state index contributed by atoms with van der Waals surface area (Å²) in [6.45, 7) is 2.64. The highest BCUT2D eigenvalue weighted by Crippen LogP contribution is 2.31. The van der Waals surface area contributed by atoms with Crippen LogP contribution in [0.3, 0.4) is 0 Å². The zero-order valence-electron chi connectivity index (χ0n) is 18.9. The molecule has 13 heteroatoms. The van der Waals surface area contributed by atoms with E-state index >= 15 is 0 Å². The molecule has 1 aliphatic rings. The van der Waals surface area contributed by atoms with Gasteiger partial charge in [-0.05, 0) is 47.3 Å². The molecule has 0 bridgehead atoms. The lowest BCUT2D eigenvalue weighted by Gasteiger charge is -2.34. The third-order valence-electron chi connectivity index (χ3n) is 5.85. The second-order valence-electron chi connectivity index (χ2n) is 8.33. The van der Waals surface area contributed by atoms with Crippen molar-refractivity contribution >= 4 is 48.5 Å². The van der Waals surface area contributed by atoms with Gasteiger partial charge in [0.05, 0.1) is 9.79 Å². The van der Waals surface area contributed by atoms with E-state index in [4.69, 9.17) is 16.3 Å². The van der Waals surface area contributed by atoms with Crippen molar-refractivity contribution in [3.05, 3.63) is 65.2 Å². The summed E-state index contributed by atoms with van der Waals surface area (Å²) in [7, 11) is -9.20. The number of carbonyl (C=O) groups is 1. The minimum absolute atomic E-state index is 0.0308. The van der Waals surface area contributed by atoms with E-state index in [9.17, 15) is 30.7 Å². The molecule has 0 aliphatic carbocycles. The van der Waals surface area contributed by atoms with E-state index in [2.05, 4.69) is 4.90 Å². The van der Waals surface area contributed by atoms with Crippen LogP contribution in [0.1, 0.15) is 5.56 Å². The van der Waals surface area contributed by atoms with Crippen molar-refractivity contribution in [2.45, 2.75) is 16.3 Å².